The van der Waals surface area contributed by atoms with Crippen LogP contribution in [0.5, 0.6) is 0 Å². The Bertz CT molecular complexity index is 289. The first-order chi connectivity index (χ1) is 7.04. The highest BCUT2D eigenvalue weighted by Crippen LogP contribution is 2.20. The average Bonchev–Trinajstić information content (AvgIpc) is 2.60. The van der Waals surface area contributed by atoms with E-state index in [0.717, 1.165) is 25.7 Å². The summed E-state index contributed by atoms with van der Waals surface area (Å²) in [6.45, 7) is 6.42. The van der Waals surface area contributed by atoms with Gasteiger partial charge in [0.1, 0.15) is 0 Å². The van der Waals surface area contributed by atoms with E-state index in [4.69, 9.17) is 9.52 Å². The first kappa shape index (κ1) is 12.2. The fourth-order valence-electron chi connectivity index (χ4n) is 1.22. The monoisotopic (exact) mass is 212 g/mol. The highest BCUT2D eigenvalue weighted by atomic mass is 16.4. The van der Waals surface area contributed by atoms with E-state index in [1.165, 1.54) is 0 Å². The molecule has 1 rings (SSSR count). The van der Waals surface area contributed by atoms with Crippen LogP contribution in [-0.4, -0.2) is 21.9 Å². The van der Waals surface area contributed by atoms with Crippen LogP contribution in [0.3, 0.4) is 0 Å². The molecule has 1 aromatic rings. The van der Waals surface area contributed by atoms with Crippen LogP contribution in [0.2, 0.25) is 0 Å². The second-order valence-corrected chi connectivity index (χ2v) is 4.79. The molecule has 0 aromatic carbocycles. The summed E-state index contributed by atoms with van der Waals surface area (Å²) in [6, 6.07) is 0. The molecule has 4 heteroatoms. The van der Waals surface area contributed by atoms with Gasteiger partial charge in [-0.25, -0.2) is 0 Å². The molecule has 0 aliphatic carbocycles. The van der Waals surface area contributed by atoms with E-state index in [2.05, 4.69) is 31.0 Å². The van der Waals surface area contributed by atoms with E-state index in [1.54, 1.807) is 0 Å². The Morgan fingerprint density at radius 2 is 1.87 bits per heavy atom. The van der Waals surface area contributed by atoms with Crippen molar-refractivity contribution < 1.29 is 9.52 Å². The molecule has 1 N–H and O–H groups in total. The molecule has 0 amide bonds. The van der Waals surface area contributed by atoms with Gasteiger partial charge in [0.25, 0.3) is 0 Å². The predicted octanol–water partition coefficient (Wildman–Crippen LogP) is 2.07. The minimum absolute atomic E-state index is 0.0731. The minimum atomic E-state index is -0.0731. The Morgan fingerprint density at radius 3 is 2.40 bits per heavy atom. The molecule has 0 radical (unpaired) electrons. The number of aliphatic hydroxyl groups excluding tert-OH is 1. The van der Waals surface area contributed by atoms with Crippen LogP contribution < -0.4 is 0 Å². The molecule has 0 aliphatic heterocycles. The summed E-state index contributed by atoms with van der Waals surface area (Å²) in [5.74, 6) is 1.40. The summed E-state index contributed by atoms with van der Waals surface area (Å²) in [7, 11) is 0. The Labute approximate surface area is 90.7 Å². The second kappa shape index (κ2) is 5.26. The molecular formula is C11H20N2O2. The van der Waals surface area contributed by atoms with Crippen LogP contribution in [0, 0.1) is 0 Å². The summed E-state index contributed by atoms with van der Waals surface area (Å²) in [5.41, 5.74) is -0.0731. The third kappa shape index (κ3) is 4.00. The lowest BCUT2D eigenvalue weighted by Crippen LogP contribution is -2.11. The lowest BCUT2D eigenvalue weighted by molar-refractivity contribution is 0.282. The van der Waals surface area contributed by atoms with Gasteiger partial charge in [0.05, 0.1) is 0 Å². The molecule has 0 aliphatic rings. The smallest absolute Gasteiger partial charge is 0.221 e. The van der Waals surface area contributed by atoms with Crippen LogP contribution in [0.25, 0.3) is 0 Å². The molecular weight excluding hydrogens is 192 g/mol. The molecule has 1 heterocycles. The number of aromatic nitrogens is 2. The van der Waals surface area contributed by atoms with Crippen molar-refractivity contribution in [3.05, 3.63) is 11.8 Å². The van der Waals surface area contributed by atoms with Crippen LogP contribution in [0.15, 0.2) is 4.42 Å². The molecule has 0 fully saturated rings. The Morgan fingerprint density at radius 1 is 1.13 bits per heavy atom. The van der Waals surface area contributed by atoms with E-state index >= 15 is 0 Å². The van der Waals surface area contributed by atoms with Gasteiger partial charge in [0.15, 0.2) is 0 Å². The maximum atomic E-state index is 8.62. The fourth-order valence-corrected chi connectivity index (χ4v) is 1.22. The molecule has 86 valence electrons. The van der Waals surface area contributed by atoms with Crippen molar-refractivity contribution >= 4 is 0 Å². The second-order valence-electron chi connectivity index (χ2n) is 4.79. The van der Waals surface area contributed by atoms with E-state index < -0.39 is 0 Å². The zero-order valence-corrected chi connectivity index (χ0v) is 9.79. The number of rotatable bonds is 5. The zero-order valence-electron chi connectivity index (χ0n) is 9.79. The van der Waals surface area contributed by atoms with Crippen molar-refractivity contribution in [1.29, 1.82) is 0 Å². The lowest BCUT2D eigenvalue weighted by Gasteiger charge is -2.10. The summed E-state index contributed by atoms with van der Waals surface area (Å²) in [4.78, 5) is 0. The Kier molecular flexibility index (Phi) is 4.27. The van der Waals surface area contributed by atoms with Gasteiger partial charge in [-0.1, -0.05) is 27.2 Å². The van der Waals surface area contributed by atoms with Crippen LogP contribution in [0.4, 0.5) is 0 Å². The van der Waals surface area contributed by atoms with Crippen molar-refractivity contribution in [2.24, 2.45) is 0 Å². The Balaban J connectivity index is 2.40. The van der Waals surface area contributed by atoms with Crippen molar-refractivity contribution in [3.63, 3.8) is 0 Å². The van der Waals surface area contributed by atoms with Gasteiger partial charge in [-0.2, -0.15) is 0 Å². The number of hydrogen-bond acceptors (Lipinski definition) is 4. The van der Waals surface area contributed by atoms with Gasteiger partial charge in [-0.3, -0.25) is 0 Å². The van der Waals surface area contributed by atoms with Gasteiger partial charge < -0.3 is 9.52 Å². The molecule has 15 heavy (non-hydrogen) atoms. The number of aryl methyl sites for hydroxylation is 1. The van der Waals surface area contributed by atoms with Gasteiger partial charge in [0.2, 0.25) is 11.8 Å². The maximum Gasteiger partial charge on any atom is 0.221 e. The highest BCUT2D eigenvalue weighted by molar-refractivity contribution is 4.95. The molecule has 0 saturated carbocycles. The quantitative estimate of drug-likeness (QED) is 0.759. The third-order valence-corrected chi connectivity index (χ3v) is 2.16. The molecule has 1 aromatic heterocycles. The molecule has 4 nitrogen and oxygen atoms in total. The van der Waals surface area contributed by atoms with Gasteiger partial charge in [-0.05, 0) is 12.8 Å². The largest absolute Gasteiger partial charge is 0.425 e. The molecule has 0 atom stereocenters. The number of nitrogens with zero attached hydrogens (tertiary/aromatic N) is 2. The molecule has 0 saturated heterocycles. The van der Waals surface area contributed by atoms with E-state index in [9.17, 15) is 0 Å². The predicted molar refractivity (Wildman–Crippen MR) is 57.6 cm³/mol. The number of unbranched alkanes of at least 4 members (excludes halogenated alkanes) is 2. The summed E-state index contributed by atoms with van der Waals surface area (Å²) in [6.07, 6.45) is 3.65. The maximum absolute atomic E-state index is 8.62. The van der Waals surface area contributed by atoms with Crippen LogP contribution >= 0.6 is 0 Å². The van der Waals surface area contributed by atoms with Crippen LogP contribution in [-0.2, 0) is 11.8 Å². The van der Waals surface area contributed by atoms with Gasteiger partial charge in [0, 0.05) is 18.4 Å². The van der Waals surface area contributed by atoms with Crippen molar-refractivity contribution in [2.45, 2.75) is 51.9 Å². The summed E-state index contributed by atoms with van der Waals surface area (Å²) in [5, 5.41) is 16.6. The Hall–Kier alpha value is -0.900. The molecule has 0 spiro atoms. The molecule has 0 unspecified atom stereocenters. The van der Waals surface area contributed by atoms with Crippen LogP contribution in [0.1, 0.15) is 51.8 Å². The lowest BCUT2D eigenvalue weighted by atomic mass is 9.97. The minimum Gasteiger partial charge on any atom is -0.425 e. The topological polar surface area (TPSA) is 59.2 Å². The number of hydrogen-bond donors (Lipinski definition) is 1. The fraction of sp³-hybridized carbons (Fsp3) is 0.818. The standard InChI is InChI=1S/C11H20N2O2/c1-11(2,3)10-13-12-9(15-10)7-5-4-6-8-14/h14H,4-8H2,1-3H3. The zero-order chi connectivity index (χ0) is 11.3. The number of aliphatic hydroxyl groups is 1. The first-order valence-corrected chi connectivity index (χ1v) is 5.48. The van der Waals surface area contributed by atoms with E-state index in [1.807, 2.05) is 0 Å². The first-order valence-electron chi connectivity index (χ1n) is 5.48. The average molecular weight is 212 g/mol. The normalized spacial score (nSPS) is 12.0. The van der Waals surface area contributed by atoms with Crippen molar-refractivity contribution in [1.82, 2.24) is 10.2 Å². The SMILES string of the molecule is CC(C)(C)c1nnc(CCCCCO)o1. The van der Waals surface area contributed by atoms with E-state index in [-0.39, 0.29) is 12.0 Å². The third-order valence-electron chi connectivity index (χ3n) is 2.16. The highest BCUT2D eigenvalue weighted by Gasteiger charge is 2.20. The van der Waals surface area contributed by atoms with Crippen molar-refractivity contribution in [3.8, 4) is 0 Å². The summed E-state index contributed by atoms with van der Waals surface area (Å²) < 4.78 is 5.54. The molecule has 0 bridgehead atoms. The van der Waals surface area contributed by atoms with Gasteiger partial charge >= 0.3 is 0 Å². The van der Waals surface area contributed by atoms with E-state index in [0.29, 0.717) is 11.8 Å². The summed E-state index contributed by atoms with van der Waals surface area (Å²) >= 11 is 0. The van der Waals surface area contributed by atoms with Gasteiger partial charge in [-0.15, -0.1) is 10.2 Å². The van der Waals surface area contributed by atoms with Crippen molar-refractivity contribution in [2.75, 3.05) is 6.61 Å².